The van der Waals surface area contributed by atoms with Crippen molar-refractivity contribution in [3.05, 3.63) is 26.3 Å². The van der Waals surface area contributed by atoms with Crippen LogP contribution in [0.5, 0.6) is 0 Å². The number of nitrogens with one attached hydrogen (secondary N) is 2. The zero-order valence-corrected chi connectivity index (χ0v) is 21.5. The van der Waals surface area contributed by atoms with Gasteiger partial charge in [0.25, 0.3) is 0 Å². The van der Waals surface area contributed by atoms with Gasteiger partial charge in [-0.1, -0.05) is 0 Å². The van der Waals surface area contributed by atoms with Crippen LogP contribution >= 0.6 is 18.6 Å². The molecule has 0 aliphatic heterocycles. The fourth-order valence-corrected chi connectivity index (χ4v) is 0. The predicted molar refractivity (Wildman–Crippen MR) is 54.5 cm³/mol. The number of amides is 2. The molecule has 0 radical (unpaired) electrons. The largest absolute Gasteiger partial charge is 2.00 e. The van der Waals surface area contributed by atoms with Crippen molar-refractivity contribution in [2.75, 3.05) is 0 Å². The first kappa shape index (κ1) is 67.7. The minimum absolute atomic E-state index is 0. The smallest absolute Gasteiger partial charge is 0 e. The summed E-state index contributed by atoms with van der Waals surface area (Å²) in [5, 5.41) is 0. The Morgan fingerprint density at radius 1 is 0.833 bits per heavy atom. The molecule has 0 aliphatic rings. The second kappa shape index (κ2) is 69.9. The average Bonchev–Trinajstić information content (AvgIpc) is 1.60. The predicted octanol–water partition coefficient (Wildman–Crippen LogP) is 3.43. The van der Waals surface area contributed by atoms with Crippen LogP contribution in [0, 0.1) is 14.9 Å². The van der Waals surface area contributed by atoms with Gasteiger partial charge in [0.15, 0.2) is 0 Å². The number of hydrogen-bond acceptors (Lipinski definition) is 2. The van der Waals surface area contributed by atoms with E-state index in [-0.39, 0.29) is 123 Å². The zero-order valence-electron chi connectivity index (χ0n) is 10.6. The van der Waals surface area contributed by atoms with E-state index in [4.69, 9.17) is 39.7 Å². The third-order valence-corrected chi connectivity index (χ3v) is 0. The Hall–Kier alpha value is 3.81. The Labute approximate surface area is 202 Å². The molecule has 0 spiro atoms. The van der Waals surface area contributed by atoms with Gasteiger partial charge in [0.2, 0.25) is 0 Å². The zero-order chi connectivity index (χ0) is 9.86. The fourth-order valence-electron chi connectivity index (χ4n) is 0. The van der Waals surface area contributed by atoms with Crippen LogP contribution in [0.1, 0.15) is 13.8 Å². The maximum atomic E-state index is 9.11. The maximum Gasteiger partial charge on any atom is 2.00 e. The maximum absolute atomic E-state index is 9.11. The minimum atomic E-state index is -0.583. The molecular weight excluding hydrogens is 490 g/mol. The first-order valence-electron chi connectivity index (χ1n) is 2.29. The van der Waals surface area contributed by atoms with Gasteiger partial charge in [0, 0.05) is 98.7 Å². The van der Waals surface area contributed by atoms with Gasteiger partial charge in [-0.25, -0.2) is 0 Å². The molecule has 2 amide bonds. The minimum Gasteiger partial charge on any atom is 0 e. The number of hydrogen-bond donors (Lipinski definition) is 0. The van der Waals surface area contributed by atoms with Gasteiger partial charge in [0.05, 0.1) is 0 Å². The molecule has 0 heterocycles. The molecule has 0 aromatic heterocycles. The molecule has 2 N–H and O–H groups in total. The summed E-state index contributed by atoms with van der Waals surface area (Å²) >= 11 is -0.556. The quantitative estimate of drug-likeness (QED) is 0.374. The van der Waals surface area contributed by atoms with Crippen LogP contribution < -0.4 is 0 Å². The van der Waals surface area contributed by atoms with Crippen LogP contribution in [-0.2, 0) is 135 Å². The molecule has 0 fully saturated rings. The summed E-state index contributed by atoms with van der Waals surface area (Å²) in [5.41, 5.74) is 11.9. The Balaban J connectivity index is -0.00000000562. The molecule has 18 heavy (non-hydrogen) atoms. The van der Waals surface area contributed by atoms with Crippen LogP contribution in [0.15, 0.2) is 0 Å². The summed E-state index contributed by atoms with van der Waals surface area (Å²) < 4.78 is 0. The second-order valence-corrected chi connectivity index (χ2v) is 3.76. The molecule has 0 unspecified atom stereocenters. The molecule has 0 aliphatic carbocycles. The molecule has 0 rings (SSSR count). The molecular formula is C6H14Cl2N2O2Ti6-2. The number of carbonyl (C=O) groups is 2. The van der Waals surface area contributed by atoms with Gasteiger partial charge in [-0.05, 0) is 13.8 Å². The van der Waals surface area contributed by atoms with Crippen molar-refractivity contribution in [2.45, 2.75) is 13.8 Å². The second-order valence-electron chi connectivity index (χ2n) is 1.18. The van der Waals surface area contributed by atoms with Crippen molar-refractivity contribution < 1.29 is 135 Å². The Bertz CT molecular complexity index is 106. The van der Waals surface area contributed by atoms with Crippen molar-refractivity contribution in [3.63, 3.8) is 0 Å². The Kier molecular flexibility index (Phi) is 263. The molecule has 0 saturated carbocycles. The van der Waals surface area contributed by atoms with Gasteiger partial charge in [-0.3, -0.25) is 0 Å². The van der Waals surface area contributed by atoms with Gasteiger partial charge in [-0.15, -0.1) is 0 Å². The van der Waals surface area contributed by atoms with E-state index in [1.165, 1.54) is 13.8 Å². The summed E-state index contributed by atoms with van der Waals surface area (Å²) in [4.78, 5) is 18.2. The molecule has 12 heteroatoms. The monoisotopic (exact) mass is 504 g/mol. The first-order valence-corrected chi connectivity index (χ1v) is 6.58. The molecule has 0 aromatic carbocycles. The van der Waals surface area contributed by atoms with Gasteiger partial charge < -0.3 is 35.9 Å². The standard InChI is InChI=1S/2C2H5NO.2CH3.2ClH.6Ti/c2*1-2(3)4;;;;;;;;;;/h2*1H3,(H2,3,4);2*1H3;2*1H;;;;;;/q;;2*-1;;;;;;;2*+2/p-4. The number of carbonyl (C=O) groups excluding carboxylic acids is 2. The fraction of sp³-hybridized carbons (Fsp3) is 0.333. The van der Waals surface area contributed by atoms with Crippen LogP contribution in [0.4, 0.5) is 0 Å². The summed E-state index contributed by atoms with van der Waals surface area (Å²) in [6.07, 6.45) is 0. The summed E-state index contributed by atoms with van der Waals surface area (Å²) in [6.45, 7) is 2.39. The van der Waals surface area contributed by atoms with E-state index in [9.17, 15) is 0 Å². The van der Waals surface area contributed by atoms with Crippen LogP contribution in [-0.4, -0.2) is 11.8 Å². The number of halogens is 2. The van der Waals surface area contributed by atoms with E-state index < -0.39 is 28.8 Å². The average molecular weight is 504 g/mol. The van der Waals surface area contributed by atoms with E-state index in [2.05, 4.69) is 0 Å². The van der Waals surface area contributed by atoms with Gasteiger partial charge in [0.1, 0.15) is 0 Å². The molecule has 0 saturated heterocycles. The van der Waals surface area contributed by atoms with Crippen LogP contribution in [0.2, 0.25) is 0 Å². The van der Waals surface area contributed by atoms with E-state index in [1.807, 2.05) is 0 Å². The Morgan fingerprint density at radius 2 is 0.833 bits per heavy atom. The first-order chi connectivity index (χ1) is 4.88. The Morgan fingerprint density at radius 3 is 0.833 bits per heavy atom. The summed E-state index contributed by atoms with van der Waals surface area (Å²) in [6, 6.07) is 0. The summed E-state index contributed by atoms with van der Waals surface area (Å²) in [7, 11) is 9.78. The molecule has 4 nitrogen and oxygen atoms in total. The van der Waals surface area contributed by atoms with E-state index in [0.717, 1.165) is 0 Å². The van der Waals surface area contributed by atoms with Crippen molar-refractivity contribution in [1.29, 1.82) is 0 Å². The van der Waals surface area contributed by atoms with Crippen LogP contribution in [0.25, 0.3) is 11.5 Å². The van der Waals surface area contributed by atoms with Crippen molar-refractivity contribution >= 4 is 30.4 Å². The topological polar surface area (TPSA) is 81.7 Å². The van der Waals surface area contributed by atoms with E-state index in [1.54, 1.807) is 0 Å². The van der Waals surface area contributed by atoms with Gasteiger partial charge in [-0.2, -0.15) is 0 Å². The SMILES string of the molecule is CC([NH-])=O.CC([NH-])=O.[CH3-].[CH3-].[Cl][Ti][Cl].[Ti+2].[Ti].[Ti].[Ti].[Ti]. The molecule has 0 aromatic rings. The van der Waals surface area contributed by atoms with Crippen molar-refractivity contribution in [2.24, 2.45) is 0 Å². The van der Waals surface area contributed by atoms with Crippen molar-refractivity contribution in [1.82, 2.24) is 0 Å². The van der Waals surface area contributed by atoms with Crippen LogP contribution in [0.3, 0.4) is 0 Å². The summed E-state index contributed by atoms with van der Waals surface area (Å²) in [5.74, 6) is -1.17. The molecule has 0 bridgehead atoms. The number of rotatable bonds is 0. The van der Waals surface area contributed by atoms with Gasteiger partial charge >= 0.3 is 57.4 Å². The third kappa shape index (κ3) is 484. The molecule has 100 valence electrons. The normalized spacial score (nSPS) is 3.56. The third-order valence-electron chi connectivity index (χ3n) is 0. The van der Waals surface area contributed by atoms with E-state index in [0.29, 0.717) is 0 Å². The molecule has 0 atom stereocenters. The van der Waals surface area contributed by atoms with E-state index >= 15 is 0 Å². The van der Waals surface area contributed by atoms with Crippen molar-refractivity contribution in [3.8, 4) is 0 Å².